The zero-order valence-corrected chi connectivity index (χ0v) is 4.18. The lowest BCUT2D eigenvalue weighted by atomic mass is 10.6. The van der Waals surface area contributed by atoms with Gasteiger partial charge in [-0.15, -0.1) is 9.63 Å². The Morgan fingerprint density at radius 1 is 1.86 bits per heavy atom. The molecule has 0 aromatic rings. The summed E-state index contributed by atoms with van der Waals surface area (Å²) in [4.78, 5) is 10.2. The third-order valence-corrected chi connectivity index (χ3v) is 1.15. The molecule has 5 heteroatoms. The first-order valence-electron chi connectivity index (χ1n) is 1.67. The molecular formula is C2H3N3OS. The lowest BCUT2D eigenvalue weighted by molar-refractivity contribution is -0.117. The Bertz CT molecular complexity index is 122. The Hall–Kier alpha value is -0.420. The lowest BCUT2D eigenvalue weighted by Gasteiger charge is -1.86. The van der Waals surface area contributed by atoms with Crippen molar-refractivity contribution in [1.82, 2.24) is 0 Å². The van der Waals surface area contributed by atoms with Gasteiger partial charge in [0, 0.05) is 11.9 Å². The molecule has 1 aliphatic rings. The van der Waals surface area contributed by atoms with E-state index < -0.39 is 5.37 Å². The Morgan fingerprint density at radius 3 is 2.71 bits per heavy atom. The van der Waals surface area contributed by atoms with Crippen molar-refractivity contribution in [1.29, 1.82) is 0 Å². The molecule has 0 radical (unpaired) electrons. The lowest BCUT2D eigenvalue weighted by Crippen LogP contribution is -2.20. The van der Waals surface area contributed by atoms with Gasteiger partial charge >= 0.3 is 0 Å². The zero-order valence-electron chi connectivity index (χ0n) is 3.37. The Balaban J connectivity index is 2.62. The molecule has 0 bridgehead atoms. The molecule has 1 aliphatic heterocycles. The molecule has 4 nitrogen and oxygen atoms in total. The van der Waals surface area contributed by atoms with E-state index in [1.165, 1.54) is 0 Å². The van der Waals surface area contributed by atoms with E-state index in [1.54, 1.807) is 0 Å². The molecule has 0 aromatic carbocycles. The summed E-state index contributed by atoms with van der Waals surface area (Å²) >= 11 is 0.992. The standard InChI is InChI=1S/C2H3N3OS/c3-1-2(6)4-5-7-1/h1H,3H2. The molecule has 0 saturated carbocycles. The van der Waals surface area contributed by atoms with Crippen molar-refractivity contribution in [2.24, 2.45) is 15.4 Å². The van der Waals surface area contributed by atoms with Crippen LogP contribution in [0.2, 0.25) is 0 Å². The molecular weight excluding hydrogens is 114 g/mol. The van der Waals surface area contributed by atoms with E-state index in [-0.39, 0.29) is 5.91 Å². The van der Waals surface area contributed by atoms with Crippen LogP contribution in [0, 0.1) is 0 Å². The second-order valence-corrected chi connectivity index (χ2v) is 1.93. The molecule has 2 N–H and O–H groups in total. The van der Waals surface area contributed by atoms with Crippen molar-refractivity contribution >= 4 is 17.9 Å². The third-order valence-electron chi connectivity index (χ3n) is 0.543. The fraction of sp³-hybridized carbons (Fsp3) is 0.500. The van der Waals surface area contributed by atoms with Crippen LogP contribution in [0.25, 0.3) is 0 Å². The van der Waals surface area contributed by atoms with E-state index in [9.17, 15) is 4.79 Å². The molecule has 1 heterocycles. The number of carbonyl (C=O) groups is 1. The van der Waals surface area contributed by atoms with E-state index in [0.29, 0.717) is 0 Å². The summed E-state index contributed by atoms with van der Waals surface area (Å²) in [6.45, 7) is 0. The van der Waals surface area contributed by atoms with Crippen LogP contribution in [0.4, 0.5) is 0 Å². The van der Waals surface area contributed by atoms with E-state index in [4.69, 9.17) is 5.73 Å². The van der Waals surface area contributed by atoms with Gasteiger partial charge in [-0.3, -0.25) is 4.79 Å². The van der Waals surface area contributed by atoms with Gasteiger partial charge in [0.15, 0.2) is 5.37 Å². The molecule has 1 atom stereocenters. The number of nitrogens with zero attached hydrogens (tertiary/aromatic N) is 2. The van der Waals surface area contributed by atoms with Crippen molar-refractivity contribution in [3.63, 3.8) is 0 Å². The van der Waals surface area contributed by atoms with Crippen molar-refractivity contribution in [2.75, 3.05) is 0 Å². The van der Waals surface area contributed by atoms with Crippen LogP contribution in [0.1, 0.15) is 0 Å². The molecule has 0 aromatic heterocycles. The highest BCUT2D eigenvalue weighted by Crippen LogP contribution is 2.15. The van der Waals surface area contributed by atoms with Crippen LogP contribution >= 0.6 is 11.9 Å². The summed E-state index contributed by atoms with van der Waals surface area (Å²) in [6, 6.07) is 0. The summed E-state index contributed by atoms with van der Waals surface area (Å²) in [6.07, 6.45) is 0. The molecule has 0 fully saturated rings. The quantitative estimate of drug-likeness (QED) is 0.451. The number of hydrogen-bond donors (Lipinski definition) is 1. The van der Waals surface area contributed by atoms with Gasteiger partial charge in [-0.05, 0) is 0 Å². The summed E-state index contributed by atoms with van der Waals surface area (Å²) in [5.74, 6) is -0.343. The SMILES string of the molecule is NC1SN=NC1=O. The summed E-state index contributed by atoms with van der Waals surface area (Å²) < 4.78 is 3.31. The fourth-order valence-electron chi connectivity index (χ4n) is 0.217. The maximum atomic E-state index is 10.2. The summed E-state index contributed by atoms with van der Waals surface area (Å²) in [5.41, 5.74) is 5.10. The smallest absolute Gasteiger partial charge is 0.294 e. The second kappa shape index (κ2) is 1.59. The first-order valence-corrected chi connectivity index (χ1v) is 2.50. The van der Waals surface area contributed by atoms with Gasteiger partial charge in [0.05, 0.1) is 0 Å². The zero-order chi connectivity index (χ0) is 5.28. The molecule has 1 amide bonds. The van der Waals surface area contributed by atoms with E-state index in [1.807, 2.05) is 0 Å². The van der Waals surface area contributed by atoms with Crippen LogP contribution < -0.4 is 5.73 Å². The Labute approximate surface area is 44.3 Å². The monoisotopic (exact) mass is 117 g/mol. The van der Waals surface area contributed by atoms with E-state index in [2.05, 4.69) is 9.63 Å². The van der Waals surface area contributed by atoms with Crippen molar-refractivity contribution in [3.8, 4) is 0 Å². The second-order valence-electron chi connectivity index (χ2n) is 1.05. The summed E-state index contributed by atoms with van der Waals surface area (Å²) in [7, 11) is 0. The molecule has 0 aliphatic carbocycles. The van der Waals surface area contributed by atoms with Gasteiger partial charge in [0.1, 0.15) is 0 Å². The number of carbonyl (C=O) groups excluding carboxylic acids is 1. The van der Waals surface area contributed by atoms with Crippen molar-refractivity contribution < 1.29 is 4.79 Å². The highest BCUT2D eigenvalue weighted by Gasteiger charge is 2.18. The van der Waals surface area contributed by atoms with E-state index >= 15 is 0 Å². The average Bonchev–Trinajstić information content (AvgIpc) is 1.91. The van der Waals surface area contributed by atoms with Crippen LogP contribution in [0.15, 0.2) is 9.63 Å². The van der Waals surface area contributed by atoms with Crippen LogP contribution in [0.5, 0.6) is 0 Å². The minimum atomic E-state index is -0.542. The van der Waals surface area contributed by atoms with Gasteiger partial charge in [0.25, 0.3) is 5.91 Å². The molecule has 7 heavy (non-hydrogen) atoms. The number of nitrogens with two attached hydrogens (primary N) is 1. The predicted octanol–water partition coefficient (Wildman–Crippen LogP) is -0.0882. The van der Waals surface area contributed by atoms with Gasteiger partial charge in [-0.2, -0.15) is 0 Å². The number of rotatable bonds is 0. The Morgan fingerprint density at radius 2 is 2.57 bits per heavy atom. The normalized spacial score (nSPS) is 29.3. The maximum absolute atomic E-state index is 10.2. The van der Waals surface area contributed by atoms with Gasteiger partial charge < -0.3 is 5.73 Å². The highest BCUT2D eigenvalue weighted by atomic mass is 32.2. The van der Waals surface area contributed by atoms with Crippen molar-refractivity contribution in [2.45, 2.75) is 5.37 Å². The maximum Gasteiger partial charge on any atom is 0.294 e. The fourth-order valence-corrected chi connectivity index (χ4v) is 0.583. The highest BCUT2D eigenvalue weighted by molar-refractivity contribution is 7.99. The van der Waals surface area contributed by atoms with Gasteiger partial charge in [-0.1, -0.05) is 0 Å². The molecule has 38 valence electrons. The summed E-state index contributed by atoms with van der Waals surface area (Å²) in [5, 5.41) is 2.60. The topological polar surface area (TPSA) is 67.8 Å². The third kappa shape index (κ3) is 0.779. The van der Waals surface area contributed by atoms with Gasteiger partial charge in [-0.25, -0.2) is 0 Å². The Kier molecular flexibility index (Phi) is 1.07. The number of hydrogen-bond acceptors (Lipinski definition) is 4. The van der Waals surface area contributed by atoms with Crippen LogP contribution in [-0.4, -0.2) is 11.3 Å². The van der Waals surface area contributed by atoms with Crippen LogP contribution in [0.3, 0.4) is 0 Å². The molecule has 0 saturated heterocycles. The first kappa shape index (κ1) is 4.73. The molecule has 0 spiro atoms. The molecule has 1 rings (SSSR count). The number of amides is 1. The van der Waals surface area contributed by atoms with Crippen LogP contribution in [-0.2, 0) is 4.79 Å². The minimum Gasteiger partial charge on any atom is -0.310 e. The van der Waals surface area contributed by atoms with E-state index in [0.717, 1.165) is 11.9 Å². The average molecular weight is 117 g/mol. The minimum absolute atomic E-state index is 0.343. The molecule has 1 unspecified atom stereocenters. The van der Waals surface area contributed by atoms with Gasteiger partial charge in [0.2, 0.25) is 0 Å². The largest absolute Gasteiger partial charge is 0.310 e. The first-order chi connectivity index (χ1) is 3.30. The van der Waals surface area contributed by atoms with Crippen molar-refractivity contribution in [3.05, 3.63) is 0 Å². The predicted molar refractivity (Wildman–Crippen MR) is 25.4 cm³/mol.